The van der Waals surface area contributed by atoms with E-state index >= 15 is 0 Å². The van der Waals surface area contributed by atoms with Crippen molar-refractivity contribution >= 4 is 66.6 Å². The third-order valence-electron chi connectivity index (χ3n) is 4.85. The molecule has 150 valence electrons. The minimum Gasteiger partial charge on any atom is -0.507 e. The van der Waals surface area contributed by atoms with E-state index in [9.17, 15) is 14.7 Å². The van der Waals surface area contributed by atoms with Crippen LogP contribution in [0.15, 0.2) is 87.3 Å². The summed E-state index contributed by atoms with van der Waals surface area (Å²) in [5.41, 5.74) is 1.70. The molecule has 0 radical (unpaired) electrons. The number of amides is 1. The van der Waals surface area contributed by atoms with Crippen molar-refractivity contribution in [2.75, 3.05) is 4.90 Å². The summed E-state index contributed by atoms with van der Waals surface area (Å²) < 4.78 is 1.68. The standard InChI is InChI=1S/C23H14Br2ClNO3/c24-15-5-1-14(2-6-15)21(28)19-20(13-3-9-17(26)10-4-13)27(23(30)22(19)29)18-11-7-16(25)8-12-18/h1-12,20,28H/b21-19+/t20-/m1/s1. The number of rotatable bonds is 3. The minimum atomic E-state index is -0.785. The second-order valence-corrected chi connectivity index (χ2v) is 8.97. The largest absolute Gasteiger partial charge is 0.507 e. The second-order valence-electron chi connectivity index (χ2n) is 6.70. The summed E-state index contributed by atoms with van der Waals surface area (Å²) >= 11 is 12.8. The third-order valence-corrected chi connectivity index (χ3v) is 6.16. The van der Waals surface area contributed by atoms with Gasteiger partial charge in [-0.1, -0.05) is 67.7 Å². The molecular weight excluding hydrogens is 534 g/mol. The van der Waals surface area contributed by atoms with Crippen LogP contribution in [0, 0.1) is 0 Å². The van der Waals surface area contributed by atoms with Gasteiger partial charge in [-0.15, -0.1) is 0 Å². The van der Waals surface area contributed by atoms with Gasteiger partial charge in [0.1, 0.15) is 5.76 Å². The molecule has 1 saturated heterocycles. The van der Waals surface area contributed by atoms with E-state index in [0.717, 1.165) is 8.95 Å². The van der Waals surface area contributed by atoms with Crippen molar-refractivity contribution in [3.8, 4) is 0 Å². The quantitative estimate of drug-likeness (QED) is 0.232. The maximum atomic E-state index is 13.0. The number of nitrogens with zero attached hydrogens (tertiary/aromatic N) is 1. The summed E-state index contributed by atoms with van der Waals surface area (Å²) in [5.74, 6) is -1.66. The molecule has 0 bridgehead atoms. The lowest BCUT2D eigenvalue weighted by atomic mass is 9.95. The van der Waals surface area contributed by atoms with Gasteiger partial charge in [0.15, 0.2) is 0 Å². The molecular formula is C23H14Br2ClNO3. The van der Waals surface area contributed by atoms with Crippen molar-refractivity contribution in [3.05, 3.63) is 103 Å². The van der Waals surface area contributed by atoms with Crippen LogP contribution in [0.1, 0.15) is 17.2 Å². The number of anilines is 1. The Labute approximate surface area is 195 Å². The lowest BCUT2D eigenvalue weighted by Crippen LogP contribution is -2.29. The van der Waals surface area contributed by atoms with E-state index in [1.54, 1.807) is 72.8 Å². The molecule has 0 spiro atoms. The van der Waals surface area contributed by atoms with Crippen LogP contribution in [0.2, 0.25) is 5.02 Å². The molecule has 30 heavy (non-hydrogen) atoms. The molecule has 0 unspecified atom stereocenters. The Balaban J connectivity index is 1.93. The first-order valence-corrected chi connectivity index (χ1v) is 10.9. The monoisotopic (exact) mass is 545 g/mol. The van der Waals surface area contributed by atoms with E-state index in [1.165, 1.54) is 4.90 Å². The zero-order chi connectivity index (χ0) is 21.4. The summed E-state index contributed by atoms with van der Waals surface area (Å²) in [5, 5.41) is 11.6. The lowest BCUT2D eigenvalue weighted by molar-refractivity contribution is -0.132. The summed E-state index contributed by atoms with van der Waals surface area (Å²) in [7, 11) is 0. The smallest absolute Gasteiger partial charge is 0.300 e. The van der Waals surface area contributed by atoms with Crippen molar-refractivity contribution in [2.24, 2.45) is 0 Å². The SMILES string of the molecule is O=C1C(=O)N(c2ccc(Br)cc2)[C@H](c2ccc(Cl)cc2)/C1=C(\O)c1ccc(Br)cc1. The fourth-order valence-corrected chi connectivity index (χ4v) is 4.08. The topological polar surface area (TPSA) is 57.6 Å². The fraction of sp³-hybridized carbons (Fsp3) is 0.0435. The number of halogens is 3. The molecule has 1 atom stereocenters. The Morgan fingerprint density at radius 1 is 0.833 bits per heavy atom. The van der Waals surface area contributed by atoms with Crippen LogP contribution in [0.5, 0.6) is 0 Å². The van der Waals surface area contributed by atoms with Gasteiger partial charge in [0.25, 0.3) is 11.7 Å². The van der Waals surface area contributed by atoms with Crippen LogP contribution in [-0.4, -0.2) is 16.8 Å². The number of aliphatic hydroxyl groups excluding tert-OH is 1. The van der Waals surface area contributed by atoms with Crippen LogP contribution in [0.25, 0.3) is 5.76 Å². The predicted octanol–water partition coefficient (Wildman–Crippen LogP) is 6.49. The van der Waals surface area contributed by atoms with E-state index in [-0.39, 0.29) is 11.3 Å². The van der Waals surface area contributed by atoms with Crippen molar-refractivity contribution in [2.45, 2.75) is 6.04 Å². The van der Waals surface area contributed by atoms with Crippen LogP contribution in [-0.2, 0) is 9.59 Å². The highest BCUT2D eigenvalue weighted by molar-refractivity contribution is 9.10. The molecule has 0 aliphatic carbocycles. The fourth-order valence-electron chi connectivity index (χ4n) is 3.42. The van der Waals surface area contributed by atoms with Gasteiger partial charge in [0.05, 0.1) is 11.6 Å². The second kappa shape index (κ2) is 8.38. The van der Waals surface area contributed by atoms with Crippen LogP contribution in [0.3, 0.4) is 0 Å². The number of hydrogen-bond donors (Lipinski definition) is 1. The number of Topliss-reactive ketones (excluding diaryl/α,β-unsaturated/α-hetero) is 1. The van der Waals surface area contributed by atoms with E-state index in [4.69, 9.17) is 11.6 Å². The Bertz CT molecular complexity index is 1160. The summed E-state index contributed by atoms with van der Waals surface area (Å²) in [6, 6.07) is 20.1. The van der Waals surface area contributed by atoms with Crippen molar-refractivity contribution in [1.82, 2.24) is 0 Å². The van der Waals surface area contributed by atoms with Gasteiger partial charge in [0.2, 0.25) is 0 Å². The van der Waals surface area contributed by atoms with Gasteiger partial charge in [0, 0.05) is 25.2 Å². The number of ketones is 1. The number of hydrogen-bond acceptors (Lipinski definition) is 3. The molecule has 1 fully saturated rings. The number of aliphatic hydroxyl groups is 1. The van der Waals surface area contributed by atoms with Crippen LogP contribution in [0.4, 0.5) is 5.69 Å². The third kappa shape index (κ3) is 3.83. The van der Waals surface area contributed by atoms with E-state index in [2.05, 4.69) is 31.9 Å². The first kappa shape index (κ1) is 20.8. The Morgan fingerprint density at radius 2 is 1.37 bits per heavy atom. The van der Waals surface area contributed by atoms with Crippen LogP contribution >= 0.6 is 43.5 Å². The van der Waals surface area contributed by atoms with Gasteiger partial charge in [-0.05, 0) is 54.1 Å². The molecule has 1 heterocycles. The first-order valence-electron chi connectivity index (χ1n) is 8.95. The van der Waals surface area contributed by atoms with E-state index in [1.807, 2.05) is 0 Å². The van der Waals surface area contributed by atoms with Crippen molar-refractivity contribution < 1.29 is 14.7 Å². The maximum Gasteiger partial charge on any atom is 0.300 e. The molecule has 0 saturated carbocycles. The summed E-state index contributed by atoms with van der Waals surface area (Å²) in [4.78, 5) is 27.5. The average Bonchev–Trinajstić information content (AvgIpc) is 3.00. The van der Waals surface area contributed by atoms with E-state index in [0.29, 0.717) is 21.8 Å². The summed E-state index contributed by atoms with van der Waals surface area (Å²) in [6.45, 7) is 0. The first-order chi connectivity index (χ1) is 14.4. The molecule has 7 heteroatoms. The average molecular weight is 548 g/mol. The van der Waals surface area contributed by atoms with Crippen molar-refractivity contribution in [1.29, 1.82) is 0 Å². The molecule has 1 aliphatic rings. The zero-order valence-electron chi connectivity index (χ0n) is 15.4. The molecule has 1 N–H and O–H groups in total. The zero-order valence-corrected chi connectivity index (χ0v) is 19.3. The van der Waals surface area contributed by atoms with Crippen molar-refractivity contribution in [3.63, 3.8) is 0 Å². The molecule has 0 aromatic heterocycles. The normalized spacial score (nSPS) is 18.1. The van der Waals surface area contributed by atoms with E-state index < -0.39 is 17.7 Å². The minimum absolute atomic E-state index is 0.0348. The number of benzene rings is 3. The molecule has 4 rings (SSSR count). The van der Waals surface area contributed by atoms with Gasteiger partial charge in [-0.2, -0.15) is 0 Å². The molecule has 1 aliphatic heterocycles. The van der Waals surface area contributed by atoms with Gasteiger partial charge < -0.3 is 5.11 Å². The maximum absolute atomic E-state index is 13.0. The highest BCUT2D eigenvalue weighted by Gasteiger charge is 2.46. The molecule has 3 aromatic rings. The Hall–Kier alpha value is -2.41. The Kier molecular flexibility index (Phi) is 5.82. The number of carbonyl (C=O) groups excluding carboxylic acids is 2. The Morgan fingerprint density at radius 3 is 1.93 bits per heavy atom. The van der Waals surface area contributed by atoms with Gasteiger partial charge in [-0.25, -0.2) is 0 Å². The van der Waals surface area contributed by atoms with Crippen LogP contribution < -0.4 is 4.90 Å². The predicted molar refractivity (Wildman–Crippen MR) is 125 cm³/mol. The molecule has 4 nitrogen and oxygen atoms in total. The molecule has 1 amide bonds. The number of carbonyl (C=O) groups is 2. The lowest BCUT2D eigenvalue weighted by Gasteiger charge is -2.25. The van der Waals surface area contributed by atoms with Gasteiger partial charge in [-0.3, -0.25) is 14.5 Å². The highest BCUT2D eigenvalue weighted by Crippen LogP contribution is 2.42. The highest BCUT2D eigenvalue weighted by atomic mass is 79.9. The molecule has 3 aromatic carbocycles. The summed E-state index contributed by atoms with van der Waals surface area (Å²) in [6.07, 6.45) is 0. The van der Waals surface area contributed by atoms with Gasteiger partial charge >= 0.3 is 0 Å².